The van der Waals surface area contributed by atoms with Crippen molar-refractivity contribution in [2.75, 3.05) is 13.7 Å². The smallest absolute Gasteiger partial charge is 0.246 e. The van der Waals surface area contributed by atoms with Gasteiger partial charge in [-0.1, -0.05) is 44.3 Å². The van der Waals surface area contributed by atoms with Crippen molar-refractivity contribution in [3.05, 3.63) is 0 Å². The summed E-state index contributed by atoms with van der Waals surface area (Å²) in [6.07, 6.45) is 7.44. The highest BCUT2D eigenvalue weighted by Crippen LogP contribution is 2.26. The maximum atomic E-state index is 11.7. The van der Waals surface area contributed by atoms with E-state index in [0.717, 1.165) is 25.7 Å². The Bertz CT molecular complexity index is 274. The van der Waals surface area contributed by atoms with E-state index >= 15 is 0 Å². The fourth-order valence-corrected chi connectivity index (χ4v) is 2.63. The quantitative estimate of drug-likeness (QED) is 0.750. The Kier molecular flexibility index (Phi) is 5.85. The third kappa shape index (κ3) is 4.24. The summed E-state index contributed by atoms with van der Waals surface area (Å²) in [5, 5.41) is 2.97. The van der Waals surface area contributed by atoms with Gasteiger partial charge in [0.25, 0.3) is 0 Å². The summed E-state index contributed by atoms with van der Waals surface area (Å²) in [6.45, 7) is 0.0599. The maximum Gasteiger partial charge on any atom is 0.246 e. The monoisotopic (exact) mass is 258 g/mol. The van der Waals surface area contributed by atoms with Crippen LogP contribution in [0.15, 0.2) is 0 Å². The summed E-state index contributed by atoms with van der Waals surface area (Å²) in [5.41, 5.74) is 5.35. The van der Waals surface area contributed by atoms with Crippen LogP contribution in [0, 0.1) is 0 Å². The van der Waals surface area contributed by atoms with Crippen molar-refractivity contribution in [1.82, 2.24) is 5.32 Å². The molecule has 0 saturated heterocycles. The van der Waals surface area contributed by atoms with E-state index in [1.54, 1.807) is 0 Å². The molecule has 5 heteroatoms. The molecule has 0 aromatic heterocycles. The van der Waals surface area contributed by atoms with Crippen LogP contribution in [-0.2, 0) is 9.53 Å². The fourth-order valence-electron chi connectivity index (χ4n) is 2.38. The molecule has 1 aliphatic carbocycles. The largest absolute Gasteiger partial charge is 0.391 e. The minimum atomic E-state index is -0.495. The Balaban J connectivity index is 2.71. The van der Waals surface area contributed by atoms with Crippen LogP contribution in [0.25, 0.3) is 0 Å². The van der Waals surface area contributed by atoms with E-state index in [-0.39, 0.29) is 12.5 Å². The van der Waals surface area contributed by atoms with Gasteiger partial charge in [-0.2, -0.15) is 0 Å². The lowest BCUT2D eigenvalue weighted by Gasteiger charge is -2.35. The molecule has 0 unspecified atom stereocenters. The first-order valence-electron chi connectivity index (χ1n) is 6.20. The number of hydrogen-bond donors (Lipinski definition) is 2. The van der Waals surface area contributed by atoms with Gasteiger partial charge < -0.3 is 15.8 Å². The van der Waals surface area contributed by atoms with E-state index in [0.29, 0.717) is 4.99 Å². The molecule has 0 aliphatic heterocycles. The number of amides is 1. The van der Waals surface area contributed by atoms with Crippen molar-refractivity contribution >= 4 is 23.1 Å². The molecule has 0 aromatic carbocycles. The highest BCUT2D eigenvalue weighted by Gasteiger charge is 2.34. The Morgan fingerprint density at radius 1 is 1.29 bits per heavy atom. The summed E-state index contributed by atoms with van der Waals surface area (Å²) in [4.78, 5) is 12.1. The van der Waals surface area contributed by atoms with Gasteiger partial charge in [0.15, 0.2) is 0 Å². The highest BCUT2D eigenvalue weighted by molar-refractivity contribution is 7.80. The zero-order chi connectivity index (χ0) is 12.7. The van der Waals surface area contributed by atoms with E-state index in [9.17, 15) is 4.79 Å². The van der Waals surface area contributed by atoms with Crippen LogP contribution in [0.1, 0.15) is 44.9 Å². The molecule has 98 valence electrons. The van der Waals surface area contributed by atoms with E-state index in [2.05, 4.69) is 5.32 Å². The number of nitrogens with one attached hydrogen (secondary N) is 1. The summed E-state index contributed by atoms with van der Waals surface area (Å²) >= 11 is 5.16. The summed E-state index contributed by atoms with van der Waals surface area (Å²) < 4.78 is 4.83. The summed E-state index contributed by atoms with van der Waals surface area (Å²) in [7, 11) is 1.51. The van der Waals surface area contributed by atoms with Crippen molar-refractivity contribution < 1.29 is 9.53 Å². The first-order chi connectivity index (χ1) is 8.10. The SMILES string of the molecule is COCC(=O)NC1(C(N)=S)CCCCCCC1. The van der Waals surface area contributed by atoms with Crippen molar-refractivity contribution in [2.24, 2.45) is 5.73 Å². The minimum absolute atomic E-state index is 0.0599. The highest BCUT2D eigenvalue weighted by atomic mass is 32.1. The lowest BCUT2D eigenvalue weighted by Crippen LogP contribution is -2.57. The van der Waals surface area contributed by atoms with Crippen LogP contribution in [0.3, 0.4) is 0 Å². The molecule has 0 atom stereocenters. The molecular weight excluding hydrogens is 236 g/mol. The second kappa shape index (κ2) is 6.91. The van der Waals surface area contributed by atoms with E-state index in [1.807, 2.05) is 0 Å². The zero-order valence-electron chi connectivity index (χ0n) is 10.5. The number of carbonyl (C=O) groups is 1. The molecule has 1 rings (SSSR count). The van der Waals surface area contributed by atoms with Crippen molar-refractivity contribution in [3.63, 3.8) is 0 Å². The second-order valence-electron chi connectivity index (χ2n) is 4.70. The standard InChI is InChI=1S/C12H22N2O2S/c1-16-9-10(15)14-12(11(13)17)7-5-3-2-4-6-8-12/h2-9H2,1H3,(H2,13,17)(H,14,15). The van der Waals surface area contributed by atoms with Gasteiger partial charge in [-0.05, 0) is 12.8 Å². The molecule has 1 aliphatic rings. The lowest BCUT2D eigenvalue weighted by molar-refractivity contribution is -0.126. The van der Waals surface area contributed by atoms with Crippen molar-refractivity contribution in [3.8, 4) is 0 Å². The summed E-state index contributed by atoms with van der Waals surface area (Å²) in [5.74, 6) is -0.138. The van der Waals surface area contributed by atoms with Gasteiger partial charge in [0.2, 0.25) is 5.91 Å². The number of hydrogen-bond acceptors (Lipinski definition) is 3. The third-order valence-corrected chi connectivity index (χ3v) is 3.72. The van der Waals surface area contributed by atoms with Crippen LogP contribution in [-0.4, -0.2) is 30.2 Å². The van der Waals surface area contributed by atoms with Gasteiger partial charge in [0.05, 0.1) is 10.5 Å². The number of thiocarbonyl (C=S) groups is 1. The number of nitrogens with two attached hydrogens (primary N) is 1. The molecular formula is C12H22N2O2S. The lowest BCUT2D eigenvalue weighted by atomic mass is 9.83. The molecule has 1 fully saturated rings. The first kappa shape index (κ1) is 14.4. The zero-order valence-corrected chi connectivity index (χ0v) is 11.3. The van der Waals surface area contributed by atoms with Gasteiger partial charge in [-0.25, -0.2) is 0 Å². The van der Waals surface area contributed by atoms with Crippen LogP contribution < -0.4 is 11.1 Å². The molecule has 1 saturated carbocycles. The molecule has 0 radical (unpaired) electrons. The van der Waals surface area contributed by atoms with Crippen molar-refractivity contribution in [1.29, 1.82) is 0 Å². The molecule has 0 bridgehead atoms. The van der Waals surface area contributed by atoms with Crippen LogP contribution >= 0.6 is 12.2 Å². The number of ether oxygens (including phenoxy) is 1. The minimum Gasteiger partial charge on any atom is -0.391 e. The predicted molar refractivity (Wildman–Crippen MR) is 71.9 cm³/mol. The van der Waals surface area contributed by atoms with Gasteiger partial charge in [0.1, 0.15) is 6.61 Å². The Morgan fingerprint density at radius 3 is 2.29 bits per heavy atom. The van der Waals surface area contributed by atoms with Gasteiger partial charge in [0, 0.05) is 7.11 Å². The average Bonchev–Trinajstić information content (AvgIpc) is 2.22. The number of methoxy groups -OCH3 is 1. The fraction of sp³-hybridized carbons (Fsp3) is 0.833. The van der Waals surface area contributed by atoms with Gasteiger partial charge in [-0.3, -0.25) is 4.79 Å². The second-order valence-corrected chi connectivity index (χ2v) is 5.14. The molecule has 1 amide bonds. The van der Waals surface area contributed by atoms with Crippen molar-refractivity contribution in [2.45, 2.75) is 50.5 Å². The van der Waals surface area contributed by atoms with Crippen LogP contribution in [0.4, 0.5) is 0 Å². The molecule has 4 nitrogen and oxygen atoms in total. The van der Waals surface area contributed by atoms with E-state index < -0.39 is 5.54 Å². The van der Waals surface area contributed by atoms with E-state index in [1.165, 1.54) is 26.4 Å². The number of carbonyl (C=O) groups excluding carboxylic acids is 1. The molecule has 0 heterocycles. The molecule has 17 heavy (non-hydrogen) atoms. The van der Waals surface area contributed by atoms with Crippen LogP contribution in [0.5, 0.6) is 0 Å². The van der Waals surface area contributed by atoms with Gasteiger partial charge >= 0.3 is 0 Å². The normalized spacial score (nSPS) is 20.1. The van der Waals surface area contributed by atoms with E-state index in [4.69, 9.17) is 22.7 Å². The Labute approximate surface area is 108 Å². The predicted octanol–water partition coefficient (Wildman–Crippen LogP) is 1.52. The van der Waals surface area contributed by atoms with Crippen LogP contribution in [0.2, 0.25) is 0 Å². The van der Waals surface area contributed by atoms with Gasteiger partial charge in [-0.15, -0.1) is 0 Å². The first-order valence-corrected chi connectivity index (χ1v) is 6.61. The molecule has 3 N–H and O–H groups in total. The average molecular weight is 258 g/mol. The maximum absolute atomic E-state index is 11.7. The summed E-state index contributed by atoms with van der Waals surface area (Å²) in [6, 6.07) is 0. The topological polar surface area (TPSA) is 64.3 Å². The Hall–Kier alpha value is -0.680. The molecule has 0 spiro atoms. The third-order valence-electron chi connectivity index (χ3n) is 3.33. The Morgan fingerprint density at radius 2 is 1.82 bits per heavy atom. The molecule has 0 aromatic rings. The number of rotatable bonds is 4.